The number of sulfone groups is 1. The second-order valence-corrected chi connectivity index (χ2v) is 5.81. The molecule has 0 N–H and O–H groups in total. The molecular formula is C12H20O6S. The predicted octanol–water partition coefficient (Wildman–Crippen LogP) is 1.07. The number of ether oxygens (including phenoxy) is 2. The molecule has 0 radical (unpaired) electrons. The second-order valence-electron chi connectivity index (χ2n) is 3.74. The summed E-state index contributed by atoms with van der Waals surface area (Å²) in [7, 11) is -3.46. The van der Waals surface area contributed by atoms with Crippen molar-refractivity contribution in [3.63, 3.8) is 0 Å². The molecule has 7 heteroatoms. The Morgan fingerprint density at radius 1 is 1.05 bits per heavy atom. The van der Waals surface area contributed by atoms with Crippen molar-refractivity contribution in [3.8, 4) is 0 Å². The second kappa shape index (κ2) is 7.93. The maximum absolute atomic E-state index is 11.7. The zero-order valence-corrected chi connectivity index (χ0v) is 12.5. The van der Waals surface area contributed by atoms with Gasteiger partial charge in [0.2, 0.25) is 0 Å². The lowest BCUT2D eigenvalue weighted by atomic mass is 10.1. The van der Waals surface area contributed by atoms with E-state index in [1.54, 1.807) is 20.8 Å². The highest BCUT2D eigenvalue weighted by atomic mass is 32.2. The van der Waals surface area contributed by atoms with Crippen LogP contribution in [-0.4, -0.2) is 39.8 Å². The van der Waals surface area contributed by atoms with Gasteiger partial charge in [-0.1, -0.05) is 6.92 Å². The summed E-state index contributed by atoms with van der Waals surface area (Å²) >= 11 is 0. The third-order valence-corrected chi connectivity index (χ3v) is 3.64. The van der Waals surface area contributed by atoms with Crippen LogP contribution < -0.4 is 0 Å². The van der Waals surface area contributed by atoms with E-state index in [0.29, 0.717) is 0 Å². The van der Waals surface area contributed by atoms with Gasteiger partial charge < -0.3 is 9.47 Å². The van der Waals surface area contributed by atoms with Crippen LogP contribution in [0.1, 0.15) is 27.2 Å². The highest BCUT2D eigenvalue weighted by Gasteiger charge is 2.29. The maximum atomic E-state index is 11.7. The number of hydrogen-bond acceptors (Lipinski definition) is 6. The van der Waals surface area contributed by atoms with Crippen LogP contribution in [0, 0.1) is 5.92 Å². The Morgan fingerprint density at radius 2 is 1.47 bits per heavy atom. The molecule has 0 rings (SSSR count). The van der Waals surface area contributed by atoms with Crippen LogP contribution in [0.4, 0.5) is 0 Å². The first-order valence-corrected chi connectivity index (χ1v) is 7.91. The van der Waals surface area contributed by atoms with Crippen LogP contribution in [0.5, 0.6) is 0 Å². The van der Waals surface area contributed by atoms with Crippen molar-refractivity contribution in [2.75, 3.05) is 19.5 Å². The van der Waals surface area contributed by atoms with Crippen LogP contribution >= 0.6 is 0 Å². The molecule has 6 nitrogen and oxygen atoms in total. The fraction of sp³-hybridized carbons (Fsp3) is 0.667. The number of esters is 2. The molecule has 0 aromatic rings. The first kappa shape index (κ1) is 17.6. The molecule has 0 heterocycles. The summed E-state index contributed by atoms with van der Waals surface area (Å²) < 4.78 is 32.5. The van der Waals surface area contributed by atoms with Crippen molar-refractivity contribution in [2.45, 2.75) is 27.2 Å². The van der Waals surface area contributed by atoms with Crippen molar-refractivity contribution >= 4 is 21.8 Å². The summed E-state index contributed by atoms with van der Waals surface area (Å²) in [6.07, 6.45) is 2.31. The van der Waals surface area contributed by atoms with E-state index in [2.05, 4.69) is 0 Å². The summed E-state index contributed by atoms with van der Waals surface area (Å²) in [6.45, 7) is 5.02. The van der Waals surface area contributed by atoms with Crippen molar-refractivity contribution in [2.24, 2.45) is 5.92 Å². The lowest BCUT2D eigenvalue weighted by Crippen LogP contribution is -2.27. The quantitative estimate of drug-likeness (QED) is 0.515. The lowest BCUT2D eigenvalue weighted by Gasteiger charge is -2.12. The summed E-state index contributed by atoms with van der Waals surface area (Å²) in [5.74, 6) is -2.96. The van der Waals surface area contributed by atoms with E-state index >= 15 is 0 Å². The third-order valence-electron chi connectivity index (χ3n) is 2.26. The zero-order chi connectivity index (χ0) is 15.1. The van der Waals surface area contributed by atoms with Crippen LogP contribution in [0.15, 0.2) is 11.0 Å². The average molecular weight is 292 g/mol. The third kappa shape index (κ3) is 5.87. The van der Waals surface area contributed by atoms with Gasteiger partial charge in [-0.3, -0.25) is 9.59 Å². The smallest absolute Gasteiger partial charge is 0.324 e. The minimum atomic E-state index is -3.46. The molecule has 0 bridgehead atoms. The minimum Gasteiger partial charge on any atom is -0.465 e. The van der Waals surface area contributed by atoms with Crippen molar-refractivity contribution in [1.82, 2.24) is 0 Å². The molecule has 0 fully saturated rings. The molecule has 0 saturated carbocycles. The summed E-state index contributed by atoms with van der Waals surface area (Å²) in [5.41, 5.74) is 0. The molecule has 0 aliphatic carbocycles. The van der Waals surface area contributed by atoms with Crippen LogP contribution in [0.3, 0.4) is 0 Å². The number of carbonyl (C=O) groups excluding carboxylic acids is 2. The molecule has 0 spiro atoms. The molecule has 19 heavy (non-hydrogen) atoms. The largest absolute Gasteiger partial charge is 0.465 e. The molecule has 0 atom stereocenters. The lowest BCUT2D eigenvalue weighted by molar-refractivity contribution is -0.158. The Bertz CT molecular complexity index is 431. The average Bonchev–Trinajstić information content (AvgIpc) is 2.28. The van der Waals surface area contributed by atoms with E-state index in [0.717, 1.165) is 12.3 Å². The molecule has 0 amide bonds. The summed E-state index contributed by atoms with van der Waals surface area (Å²) in [5, 5.41) is 0. The van der Waals surface area contributed by atoms with Crippen LogP contribution in [-0.2, 0) is 28.9 Å². The molecule has 0 unspecified atom stereocenters. The minimum absolute atomic E-state index is 0.0126. The van der Waals surface area contributed by atoms with Gasteiger partial charge in [-0.25, -0.2) is 8.42 Å². The first-order chi connectivity index (χ1) is 8.77. The summed E-state index contributed by atoms with van der Waals surface area (Å²) in [6, 6.07) is 0. The Morgan fingerprint density at radius 3 is 1.74 bits per heavy atom. The maximum Gasteiger partial charge on any atom is 0.324 e. The standard InChI is InChI=1S/C12H20O6S/c1-5-9(19(4,15)16)8-10(11(13)17-6-2)12(14)18-7-3/h8,10H,5-7H2,1-4H3. The van der Waals surface area contributed by atoms with Gasteiger partial charge in [0.05, 0.1) is 13.2 Å². The number of carbonyl (C=O) groups is 2. The number of rotatable bonds is 7. The summed E-state index contributed by atoms with van der Waals surface area (Å²) in [4.78, 5) is 23.4. The Kier molecular flexibility index (Phi) is 7.36. The van der Waals surface area contributed by atoms with Gasteiger partial charge in [-0.2, -0.15) is 0 Å². The molecular weight excluding hydrogens is 272 g/mol. The van der Waals surface area contributed by atoms with Gasteiger partial charge in [-0.05, 0) is 26.3 Å². The number of hydrogen-bond donors (Lipinski definition) is 0. The van der Waals surface area contributed by atoms with Gasteiger partial charge in [0.1, 0.15) is 0 Å². The van der Waals surface area contributed by atoms with Crippen LogP contribution in [0.2, 0.25) is 0 Å². The normalized spacial score (nSPS) is 12.4. The Balaban J connectivity index is 5.41. The van der Waals surface area contributed by atoms with E-state index in [1.807, 2.05) is 0 Å². The van der Waals surface area contributed by atoms with E-state index < -0.39 is 27.7 Å². The van der Waals surface area contributed by atoms with Gasteiger partial charge in [0.25, 0.3) is 0 Å². The molecule has 0 aliphatic heterocycles. The fourth-order valence-electron chi connectivity index (χ4n) is 1.39. The molecule has 0 aromatic carbocycles. The zero-order valence-electron chi connectivity index (χ0n) is 11.6. The SMILES string of the molecule is CCOC(=O)C(C=C(CC)S(C)(=O)=O)C(=O)OCC. The highest BCUT2D eigenvalue weighted by Crippen LogP contribution is 2.16. The molecule has 0 saturated heterocycles. The fourth-order valence-corrected chi connectivity index (χ4v) is 2.29. The van der Waals surface area contributed by atoms with E-state index in [1.165, 1.54) is 0 Å². The Hall–Kier alpha value is -1.37. The van der Waals surface area contributed by atoms with Crippen molar-refractivity contribution in [3.05, 3.63) is 11.0 Å². The predicted molar refractivity (Wildman–Crippen MR) is 70.0 cm³/mol. The van der Waals surface area contributed by atoms with Gasteiger partial charge in [0, 0.05) is 11.2 Å². The first-order valence-electron chi connectivity index (χ1n) is 6.01. The van der Waals surface area contributed by atoms with Gasteiger partial charge >= 0.3 is 11.9 Å². The number of allylic oxidation sites excluding steroid dienone is 1. The molecule has 0 aromatic heterocycles. The Labute approximate surface area is 113 Å². The molecule has 110 valence electrons. The van der Waals surface area contributed by atoms with Crippen molar-refractivity contribution < 1.29 is 27.5 Å². The van der Waals surface area contributed by atoms with Crippen molar-refractivity contribution in [1.29, 1.82) is 0 Å². The van der Waals surface area contributed by atoms with Crippen LogP contribution in [0.25, 0.3) is 0 Å². The van der Waals surface area contributed by atoms with E-state index in [4.69, 9.17) is 9.47 Å². The highest BCUT2D eigenvalue weighted by molar-refractivity contribution is 7.94. The van der Waals surface area contributed by atoms with Gasteiger partial charge in [0.15, 0.2) is 15.8 Å². The van der Waals surface area contributed by atoms with E-state index in [-0.39, 0.29) is 24.5 Å². The molecule has 0 aliphatic rings. The van der Waals surface area contributed by atoms with Gasteiger partial charge in [-0.15, -0.1) is 0 Å². The van der Waals surface area contributed by atoms with E-state index in [9.17, 15) is 18.0 Å². The monoisotopic (exact) mass is 292 g/mol. The topological polar surface area (TPSA) is 86.7 Å².